The van der Waals surface area contributed by atoms with E-state index in [4.69, 9.17) is 0 Å². The van der Waals surface area contributed by atoms with E-state index < -0.39 is 11.7 Å². The number of hydrogen-bond acceptors (Lipinski definition) is 4. The molecule has 1 atom stereocenters. The molecular weight excluding hydrogens is 393 g/mol. The lowest BCUT2D eigenvalue weighted by molar-refractivity contribution is -0.0905. The molecule has 1 aromatic heterocycles. The van der Waals surface area contributed by atoms with Crippen molar-refractivity contribution < 1.29 is 13.2 Å². The lowest BCUT2D eigenvalue weighted by atomic mass is 10.0. The first-order chi connectivity index (χ1) is 14.2. The van der Waals surface area contributed by atoms with Gasteiger partial charge in [-0.1, -0.05) is 24.8 Å². The van der Waals surface area contributed by atoms with Crippen molar-refractivity contribution in [2.75, 3.05) is 26.2 Å². The highest BCUT2D eigenvalue weighted by atomic mass is 19.4. The largest absolute Gasteiger partial charge is 0.419 e. The number of hydrogen-bond donors (Lipinski definition) is 1. The summed E-state index contributed by atoms with van der Waals surface area (Å²) in [4.78, 5) is 22.3. The first kappa shape index (κ1) is 21.8. The van der Waals surface area contributed by atoms with Crippen LogP contribution >= 0.6 is 0 Å². The molecule has 1 saturated heterocycles. The number of allylic oxidation sites excluding steroid dienone is 2. The lowest BCUT2D eigenvalue weighted by Gasteiger charge is -2.39. The third-order valence-electron chi connectivity index (χ3n) is 5.60. The highest BCUT2D eigenvalue weighted by Gasteiger charge is 2.36. The topological polar surface area (TPSA) is 51.7 Å². The maximum absolute atomic E-state index is 13.2. The summed E-state index contributed by atoms with van der Waals surface area (Å²) < 4.78 is 39.7. The summed E-state index contributed by atoms with van der Waals surface area (Å²) in [5, 5.41) is 0.962. The summed E-state index contributed by atoms with van der Waals surface area (Å²) in [7, 11) is 0. The van der Waals surface area contributed by atoms with E-state index in [1.54, 1.807) is 11.8 Å². The van der Waals surface area contributed by atoms with Crippen LogP contribution in [0, 0.1) is 6.92 Å². The number of halogens is 3. The van der Waals surface area contributed by atoms with E-state index in [9.17, 15) is 18.0 Å². The molecule has 1 fully saturated rings. The van der Waals surface area contributed by atoms with Crippen LogP contribution in [0.5, 0.6) is 0 Å². The quantitative estimate of drug-likeness (QED) is 0.586. The van der Waals surface area contributed by atoms with E-state index in [0.717, 1.165) is 22.5 Å². The molecular formula is C22H25F3N4O. The smallest absolute Gasteiger partial charge is 0.354 e. The Labute approximate surface area is 173 Å². The zero-order valence-electron chi connectivity index (χ0n) is 17.1. The van der Waals surface area contributed by atoms with Gasteiger partial charge in [0.15, 0.2) is 0 Å². The van der Waals surface area contributed by atoms with Gasteiger partial charge in [-0.15, -0.1) is 0 Å². The molecule has 0 radical (unpaired) electrons. The van der Waals surface area contributed by atoms with Crippen molar-refractivity contribution in [1.82, 2.24) is 14.8 Å². The standard InChI is InChI=1S/C22H25F3N4O/c1-5-18(22(23,24)25)20(26-4)29-10-8-28(9-11-29)15(3)16-6-7-17-12-14(2)21(30)27-19(17)13-16/h5-7,12-13,15H,1,4,8-11H2,2-3H3,(H,27,30)/b20-18-. The SMILES string of the molecule is C=C/C(=C(\N=C)N1CCN(C(C)c2ccc3cc(C)c(=O)[nH]c3c2)CC1)C(F)(F)F. The number of benzene rings is 1. The number of aryl methyl sites for hydroxylation is 1. The summed E-state index contributed by atoms with van der Waals surface area (Å²) in [6.45, 7) is 12.4. The maximum atomic E-state index is 13.2. The second-order valence-corrected chi connectivity index (χ2v) is 7.42. The molecule has 1 aromatic carbocycles. The van der Waals surface area contributed by atoms with Gasteiger partial charge in [0.05, 0.1) is 5.57 Å². The van der Waals surface area contributed by atoms with E-state index in [1.807, 2.05) is 24.3 Å². The Morgan fingerprint density at radius 2 is 1.90 bits per heavy atom. The Morgan fingerprint density at radius 3 is 2.47 bits per heavy atom. The molecule has 0 saturated carbocycles. The van der Waals surface area contributed by atoms with Crippen LogP contribution in [0.3, 0.4) is 0 Å². The molecule has 2 heterocycles. The number of piperazine rings is 1. The van der Waals surface area contributed by atoms with Crippen LogP contribution < -0.4 is 5.56 Å². The van der Waals surface area contributed by atoms with Crippen LogP contribution in [0.25, 0.3) is 10.9 Å². The number of fused-ring (bicyclic) bond motifs is 1. The normalized spacial score (nSPS) is 17.6. The second-order valence-electron chi connectivity index (χ2n) is 7.42. The van der Waals surface area contributed by atoms with Crippen LogP contribution in [0.2, 0.25) is 0 Å². The fourth-order valence-electron chi connectivity index (χ4n) is 3.81. The number of rotatable bonds is 5. The second kappa shape index (κ2) is 8.47. The Kier molecular flexibility index (Phi) is 6.17. The first-order valence-corrected chi connectivity index (χ1v) is 9.69. The summed E-state index contributed by atoms with van der Waals surface area (Å²) >= 11 is 0. The third-order valence-corrected chi connectivity index (χ3v) is 5.60. The summed E-state index contributed by atoms with van der Waals surface area (Å²) in [5.41, 5.74) is 1.50. The van der Waals surface area contributed by atoms with Crippen LogP contribution in [0.15, 0.2) is 58.1 Å². The molecule has 8 heteroatoms. The van der Waals surface area contributed by atoms with Gasteiger partial charge >= 0.3 is 6.18 Å². The van der Waals surface area contributed by atoms with Gasteiger partial charge < -0.3 is 9.88 Å². The van der Waals surface area contributed by atoms with Crippen molar-refractivity contribution in [3.8, 4) is 0 Å². The molecule has 0 aliphatic carbocycles. The molecule has 1 aliphatic heterocycles. The fraction of sp³-hybridized carbons (Fsp3) is 0.364. The van der Waals surface area contributed by atoms with Crippen molar-refractivity contribution in [3.63, 3.8) is 0 Å². The summed E-state index contributed by atoms with van der Waals surface area (Å²) in [6.07, 6.45) is -3.74. The van der Waals surface area contributed by atoms with E-state index in [-0.39, 0.29) is 17.4 Å². The average molecular weight is 418 g/mol. The Balaban J connectivity index is 1.77. The first-order valence-electron chi connectivity index (χ1n) is 9.69. The number of aromatic amines is 1. The van der Waals surface area contributed by atoms with Crippen molar-refractivity contribution in [2.45, 2.75) is 26.1 Å². The van der Waals surface area contributed by atoms with Crippen molar-refractivity contribution >= 4 is 17.6 Å². The van der Waals surface area contributed by atoms with Crippen LogP contribution in [0.4, 0.5) is 13.2 Å². The number of nitrogens with one attached hydrogen (secondary N) is 1. The zero-order chi connectivity index (χ0) is 22.1. The van der Waals surface area contributed by atoms with E-state index in [2.05, 4.69) is 35.1 Å². The number of aromatic nitrogens is 1. The lowest BCUT2D eigenvalue weighted by Crippen LogP contribution is -2.47. The van der Waals surface area contributed by atoms with E-state index >= 15 is 0 Å². The minimum Gasteiger partial charge on any atom is -0.354 e. The Hall–Kier alpha value is -2.87. The van der Waals surface area contributed by atoms with Gasteiger partial charge in [-0.3, -0.25) is 9.69 Å². The predicted octanol–water partition coefficient (Wildman–Crippen LogP) is 4.18. The molecule has 3 rings (SSSR count). The maximum Gasteiger partial charge on any atom is 0.419 e. The minimum absolute atomic E-state index is 0.0481. The third kappa shape index (κ3) is 4.33. The predicted molar refractivity (Wildman–Crippen MR) is 114 cm³/mol. The molecule has 1 N–H and O–H groups in total. The molecule has 0 amide bonds. The number of H-pyrrole nitrogens is 1. The van der Waals surface area contributed by atoms with Gasteiger partial charge in [0.25, 0.3) is 5.56 Å². The van der Waals surface area contributed by atoms with Gasteiger partial charge in [0.2, 0.25) is 0 Å². The molecule has 30 heavy (non-hydrogen) atoms. The van der Waals surface area contributed by atoms with Crippen LogP contribution in [-0.2, 0) is 0 Å². The summed E-state index contributed by atoms with van der Waals surface area (Å²) in [6, 6.07) is 7.86. The molecule has 0 bridgehead atoms. The number of aliphatic imine (C=N–C) groups is 1. The van der Waals surface area contributed by atoms with Gasteiger partial charge in [-0.25, -0.2) is 4.99 Å². The highest BCUT2D eigenvalue weighted by molar-refractivity contribution is 5.79. The fourth-order valence-corrected chi connectivity index (χ4v) is 3.81. The highest BCUT2D eigenvalue weighted by Crippen LogP contribution is 2.32. The van der Waals surface area contributed by atoms with E-state index in [0.29, 0.717) is 31.7 Å². The van der Waals surface area contributed by atoms with Gasteiger partial charge in [0.1, 0.15) is 5.82 Å². The molecule has 2 aromatic rings. The molecule has 1 aliphatic rings. The number of alkyl halides is 3. The number of nitrogens with zero attached hydrogens (tertiary/aromatic N) is 3. The molecule has 5 nitrogen and oxygen atoms in total. The Bertz CT molecular complexity index is 1050. The summed E-state index contributed by atoms with van der Waals surface area (Å²) in [5.74, 6) is -0.177. The van der Waals surface area contributed by atoms with Crippen LogP contribution in [0.1, 0.15) is 24.1 Å². The monoisotopic (exact) mass is 418 g/mol. The van der Waals surface area contributed by atoms with E-state index in [1.165, 1.54) is 0 Å². The van der Waals surface area contributed by atoms with Gasteiger partial charge in [0, 0.05) is 43.3 Å². The average Bonchev–Trinajstić information content (AvgIpc) is 2.71. The molecule has 1 unspecified atom stereocenters. The number of pyridine rings is 1. The zero-order valence-corrected chi connectivity index (χ0v) is 17.1. The van der Waals surface area contributed by atoms with Crippen molar-refractivity contribution in [2.24, 2.45) is 4.99 Å². The van der Waals surface area contributed by atoms with Gasteiger partial charge in [-0.2, -0.15) is 13.2 Å². The molecule has 160 valence electrons. The van der Waals surface area contributed by atoms with Gasteiger partial charge in [-0.05, 0) is 43.6 Å². The van der Waals surface area contributed by atoms with Crippen molar-refractivity contribution in [1.29, 1.82) is 0 Å². The van der Waals surface area contributed by atoms with Crippen LogP contribution in [-0.4, -0.2) is 53.9 Å². The Morgan fingerprint density at radius 1 is 1.23 bits per heavy atom. The minimum atomic E-state index is -4.52. The molecule has 0 spiro atoms. The van der Waals surface area contributed by atoms with Crippen molar-refractivity contribution in [3.05, 3.63) is 69.8 Å².